The van der Waals surface area contributed by atoms with Gasteiger partial charge >= 0.3 is 0 Å². The molecule has 1 aliphatic rings. The molecule has 1 aromatic carbocycles. The van der Waals surface area contributed by atoms with Crippen molar-refractivity contribution in [1.29, 1.82) is 0 Å². The summed E-state index contributed by atoms with van der Waals surface area (Å²) in [5.74, 6) is 1.39. The van der Waals surface area contributed by atoms with E-state index in [0.717, 1.165) is 36.1 Å². The third-order valence-electron chi connectivity index (χ3n) is 4.30. The minimum absolute atomic E-state index is 0.236. The second-order valence-corrected chi connectivity index (χ2v) is 6.27. The van der Waals surface area contributed by atoms with Crippen LogP contribution in [0, 0.1) is 12.8 Å². The van der Waals surface area contributed by atoms with Crippen LogP contribution in [0.5, 0.6) is 0 Å². The van der Waals surface area contributed by atoms with Crippen molar-refractivity contribution in [2.24, 2.45) is 5.92 Å². The van der Waals surface area contributed by atoms with Crippen LogP contribution in [-0.4, -0.2) is 29.2 Å². The lowest BCUT2D eigenvalue weighted by Gasteiger charge is -2.30. The van der Waals surface area contributed by atoms with Crippen LogP contribution >= 0.6 is 0 Å². The highest BCUT2D eigenvalue weighted by atomic mass is 16.1. The molecule has 1 fully saturated rings. The Labute approximate surface area is 136 Å². The fourth-order valence-electron chi connectivity index (χ4n) is 2.68. The van der Waals surface area contributed by atoms with Crippen molar-refractivity contribution in [3.63, 3.8) is 0 Å². The molecular weight excluding hydrogens is 288 g/mol. The SMILES string of the molecule is Cc1ccc(NC(=O)c2ccc(N3CCC(C)CC3)nn2)cc1. The maximum atomic E-state index is 12.2. The molecule has 1 aromatic heterocycles. The van der Waals surface area contributed by atoms with Gasteiger partial charge in [-0.15, -0.1) is 10.2 Å². The van der Waals surface area contributed by atoms with Crippen LogP contribution < -0.4 is 10.2 Å². The maximum Gasteiger partial charge on any atom is 0.276 e. The van der Waals surface area contributed by atoms with Gasteiger partial charge in [0, 0.05) is 18.8 Å². The van der Waals surface area contributed by atoms with Gasteiger partial charge in [0.05, 0.1) is 0 Å². The Kier molecular flexibility index (Phi) is 4.55. The minimum Gasteiger partial charge on any atom is -0.355 e. The van der Waals surface area contributed by atoms with E-state index in [1.54, 1.807) is 6.07 Å². The van der Waals surface area contributed by atoms with Gasteiger partial charge in [0.2, 0.25) is 0 Å². The van der Waals surface area contributed by atoms with Gasteiger partial charge in [-0.3, -0.25) is 4.79 Å². The maximum absolute atomic E-state index is 12.2. The summed E-state index contributed by atoms with van der Waals surface area (Å²) in [6.07, 6.45) is 2.36. The molecule has 5 nitrogen and oxygen atoms in total. The van der Waals surface area contributed by atoms with Gasteiger partial charge in [0.1, 0.15) is 0 Å². The Morgan fingerprint density at radius 1 is 1.09 bits per heavy atom. The number of aromatic nitrogens is 2. The van der Waals surface area contributed by atoms with Crippen LogP contribution in [-0.2, 0) is 0 Å². The van der Waals surface area contributed by atoms with Crippen molar-refractivity contribution in [3.8, 4) is 0 Å². The first-order chi connectivity index (χ1) is 11.1. The van der Waals surface area contributed by atoms with Crippen LogP contribution in [0.4, 0.5) is 11.5 Å². The largest absolute Gasteiger partial charge is 0.355 e. The van der Waals surface area contributed by atoms with Crippen molar-refractivity contribution >= 4 is 17.4 Å². The molecule has 0 bridgehead atoms. The van der Waals surface area contributed by atoms with Crippen LogP contribution in [0.25, 0.3) is 0 Å². The van der Waals surface area contributed by atoms with Gasteiger partial charge in [-0.1, -0.05) is 24.6 Å². The number of anilines is 2. The monoisotopic (exact) mass is 310 g/mol. The van der Waals surface area contributed by atoms with Gasteiger partial charge in [-0.2, -0.15) is 0 Å². The number of benzene rings is 1. The van der Waals surface area contributed by atoms with E-state index < -0.39 is 0 Å². The van der Waals surface area contributed by atoms with Crippen molar-refractivity contribution < 1.29 is 4.79 Å². The first-order valence-electron chi connectivity index (χ1n) is 8.08. The number of carbonyl (C=O) groups is 1. The van der Waals surface area contributed by atoms with E-state index >= 15 is 0 Å². The predicted molar refractivity (Wildman–Crippen MR) is 91.8 cm³/mol. The Hall–Kier alpha value is -2.43. The highest BCUT2D eigenvalue weighted by Crippen LogP contribution is 2.20. The molecule has 1 saturated heterocycles. The molecule has 2 aromatic rings. The Morgan fingerprint density at radius 3 is 2.39 bits per heavy atom. The zero-order valence-corrected chi connectivity index (χ0v) is 13.6. The topological polar surface area (TPSA) is 58.1 Å². The standard InChI is InChI=1S/C18H22N4O/c1-13-3-5-15(6-4-13)19-18(23)16-7-8-17(21-20-16)22-11-9-14(2)10-12-22/h3-8,14H,9-12H2,1-2H3,(H,19,23). The Morgan fingerprint density at radius 2 is 1.78 bits per heavy atom. The van der Waals surface area contributed by atoms with Crippen LogP contribution in [0.2, 0.25) is 0 Å². The average molecular weight is 310 g/mol. The summed E-state index contributed by atoms with van der Waals surface area (Å²) in [7, 11) is 0. The molecule has 0 radical (unpaired) electrons. The Balaban J connectivity index is 1.64. The lowest BCUT2D eigenvalue weighted by Crippen LogP contribution is -2.33. The van der Waals surface area contributed by atoms with Crippen LogP contribution in [0.15, 0.2) is 36.4 Å². The predicted octanol–water partition coefficient (Wildman–Crippen LogP) is 3.27. The number of hydrogen-bond acceptors (Lipinski definition) is 4. The van der Waals surface area contributed by atoms with Crippen molar-refractivity contribution in [3.05, 3.63) is 47.7 Å². The van der Waals surface area contributed by atoms with E-state index in [2.05, 4.69) is 27.3 Å². The molecule has 0 unspecified atom stereocenters. The fraction of sp³-hybridized carbons (Fsp3) is 0.389. The molecule has 5 heteroatoms. The van der Waals surface area contributed by atoms with Gasteiger partial charge < -0.3 is 10.2 Å². The molecule has 1 N–H and O–H groups in total. The number of amides is 1. The van der Waals surface area contributed by atoms with Crippen molar-refractivity contribution in [2.45, 2.75) is 26.7 Å². The van der Waals surface area contributed by atoms with Gasteiger partial charge in [-0.05, 0) is 49.9 Å². The second-order valence-electron chi connectivity index (χ2n) is 6.27. The molecule has 2 heterocycles. The minimum atomic E-state index is -0.236. The lowest BCUT2D eigenvalue weighted by molar-refractivity contribution is 0.102. The lowest BCUT2D eigenvalue weighted by atomic mass is 9.99. The summed E-state index contributed by atoms with van der Waals surface area (Å²) < 4.78 is 0. The molecule has 1 amide bonds. The van der Waals surface area contributed by atoms with Crippen LogP contribution in [0.3, 0.4) is 0 Å². The Bertz CT molecular complexity index is 658. The number of carbonyl (C=O) groups excluding carboxylic acids is 1. The summed E-state index contributed by atoms with van der Waals surface area (Å²) >= 11 is 0. The number of nitrogens with zero attached hydrogens (tertiary/aromatic N) is 3. The average Bonchev–Trinajstić information content (AvgIpc) is 2.58. The van der Waals surface area contributed by atoms with Crippen molar-refractivity contribution in [1.82, 2.24) is 10.2 Å². The first kappa shape index (κ1) is 15.5. The summed E-state index contributed by atoms with van der Waals surface area (Å²) in [5.41, 5.74) is 2.25. The van der Waals surface area contributed by atoms with E-state index in [4.69, 9.17) is 0 Å². The van der Waals surface area contributed by atoms with Crippen LogP contribution in [0.1, 0.15) is 35.8 Å². The summed E-state index contributed by atoms with van der Waals surface area (Å²) in [6, 6.07) is 11.3. The smallest absolute Gasteiger partial charge is 0.276 e. The molecule has 3 rings (SSSR count). The second kappa shape index (κ2) is 6.77. The summed E-state index contributed by atoms with van der Waals surface area (Å²) in [6.45, 7) is 6.30. The molecule has 120 valence electrons. The third-order valence-corrected chi connectivity index (χ3v) is 4.30. The van der Waals surface area contributed by atoms with E-state index in [0.29, 0.717) is 5.69 Å². The van der Waals surface area contributed by atoms with Crippen molar-refractivity contribution in [2.75, 3.05) is 23.3 Å². The summed E-state index contributed by atoms with van der Waals surface area (Å²) in [4.78, 5) is 14.4. The number of aryl methyl sites for hydroxylation is 1. The number of piperidine rings is 1. The number of rotatable bonds is 3. The highest BCUT2D eigenvalue weighted by molar-refractivity contribution is 6.02. The quantitative estimate of drug-likeness (QED) is 0.945. The van der Waals surface area contributed by atoms with E-state index in [9.17, 15) is 4.79 Å². The molecule has 0 spiro atoms. The van der Waals surface area contributed by atoms with E-state index in [-0.39, 0.29) is 5.91 Å². The van der Waals surface area contributed by atoms with E-state index in [1.807, 2.05) is 37.3 Å². The molecule has 0 saturated carbocycles. The molecular formula is C18H22N4O. The van der Waals surface area contributed by atoms with E-state index in [1.165, 1.54) is 12.8 Å². The molecule has 23 heavy (non-hydrogen) atoms. The third kappa shape index (κ3) is 3.86. The van der Waals surface area contributed by atoms with Gasteiger partial charge in [-0.25, -0.2) is 0 Å². The first-order valence-corrected chi connectivity index (χ1v) is 8.08. The zero-order valence-electron chi connectivity index (χ0n) is 13.6. The van der Waals surface area contributed by atoms with Gasteiger partial charge in [0.15, 0.2) is 11.5 Å². The fourth-order valence-corrected chi connectivity index (χ4v) is 2.68. The molecule has 1 aliphatic heterocycles. The van der Waals surface area contributed by atoms with Gasteiger partial charge in [0.25, 0.3) is 5.91 Å². The normalized spacial score (nSPS) is 15.5. The number of nitrogens with one attached hydrogen (secondary N) is 1. The highest BCUT2D eigenvalue weighted by Gasteiger charge is 2.18. The number of hydrogen-bond donors (Lipinski definition) is 1. The zero-order chi connectivity index (χ0) is 16.2. The molecule has 0 aliphatic carbocycles. The molecule has 0 atom stereocenters. The summed E-state index contributed by atoms with van der Waals surface area (Å²) in [5, 5.41) is 11.1.